The number of halogens is 4. The standard InChI is InChI=1S/2C5H3Br2N.Ag.NO3/c2*6-4-2-1-3-5(7)8-4;;2-1(3)4/h2*1-3H;;/q;;+1;-1. The first-order valence-corrected chi connectivity index (χ1v) is 7.86. The van der Waals surface area contributed by atoms with Gasteiger partial charge in [0.05, 0.1) is 5.09 Å². The van der Waals surface area contributed by atoms with Crippen molar-refractivity contribution in [1.82, 2.24) is 9.97 Å². The van der Waals surface area contributed by atoms with Gasteiger partial charge in [0.1, 0.15) is 18.4 Å². The quantitative estimate of drug-likeness (QED) is 0.175. The van der Waals surface area contributed by atoms with Crippen molar-refractivity contribution in [3.8, 4) is 0 Å². The first-order chi connectivity index (χ1) is 9.31. The SMILES string of the molecule is Brc1cccc(Br)n1.Brc1cccc(Br)n1.O=[N+]([O-])[O-].[Ag+]. The molecule has 0 aliphatic carbocycles. The fourth-order valence-electron chi connectivity index (χ4n) is 0.767. The normalized spacial score (nSPS) is 8.19. The van der Waals surface area contributed by atoms with Crippen LogP contribution in [0.15, 0.2) is 54.8 Å². The van der Waals surface area contributed by atoms with Crippen LogP contribution in [0.5, 0.6) is 0 Å². The number of pyridine rings is 2. The summed E-state index contributed by atoms with van der Waals surface area (Å²) in [7, 11) is 0. The van der Waals surface area contributed by atoms with Crippen LogP contribution in [0.4, 0.5) is 0 Å². The Morgan fingerprint density at radius 3 is 1.05 bits per heavy atom. The van der Waals surface area contributed by atoms with E-state index in [4.69, 9.17) is 15.3 Å². The summed E-state index contributed by atoms with van der Waals surface area (Å²) in [5, 5.41) is 14.8. The average molecular weight is 644 g/mol. The molecule has 6 nitrogen and oxygen atoms in total. The summed E-state index contributed by atoms with van der Waals surface area (Å²) in [4.78, 5) is 16.3. The van der Waals surface area contributed by atoms with Crippen LogP contribution in [0.1, 0.15) is 0 Å². The third-order valence-corrected chi connectivity index (χ3v) is 3.13. The zero-order valence-corrected chi connectivity index (χ0v) is 17.7. The average Bonchev–Trinajstić information content (AvgIpc) is 2.28. The molecule has 2 aromatic heterocycles. The summed E-state index contributed by atoms with van der Waals surface area (Å²) < 4.78 is 3.41. The Kier molecular flexibility index (Phi) is 15.4. The Morgan fingerprint density at radius 1 is 0.762 bits per heavy atom. The van der Waals surface area contributed by atoms with Gasteiger partial charge >= 0.3 is 22.4 Å². The van der Waals surface area contributed by atoms with Crippen molar-refractivity contribution >= 4 is 63.7 Å². The van der Waals surface area contributed by atoms with Gasteiger partial charge in [0, 0.05) is 0 Å². The fourth-order valence-corrected chi connectivity index (χ4v) is 2.62. The van der Waals surface area contributed by atoms with Crippen molar-refractivity contribution in [3.05, 3.63) is 70.1 Å². The monoisotopic (exact) mass is 639 g/mol. The smallest absolute Gasteiger partial charge is 0.356 e. The Morgan fingerprint density at radius 2 is 0.952 bits per heavy atom. The van der Waals surface area contributed by atoms with Gasteiger partial charge < -0.3 is 15.3 Å². The number of nitrogens with zero attached hydrogens (tertiary/aromatic N) is 3. The predicted molar refractivity (Wildman–Crippen MR) is 89.6 cm³/mol. The molecule has 0 atom stereocenters. The maximum absolute atomic E-state index is 8.25. The topological polar surface area (TPSA) is 92.0 Å². The first kappa shape index (κ1) is 23.4. The molecule has 0 saturated heterocycles. The minimum atomic E-state index is -1.75. The van der Waals surface area contributed by atoms with Crippen LogP contribution in [-0.4, -0.2) is 15.1 Å². The Balaban J connectivity index is 0. The molecule has 0 fully saturated rings. The largest absolute Gasteiger partial charge is 1.00 e. The van der Waals surface area contributed by atoms with E-state index in [-0.39, 0.29) is 22.4 Å². The number of hydrogen-bond donors (Lipinski definition) is 0. The molecule has 0 unspecified atom stereocenters. The second-order valence-electron chi connectivity index (χ2n) is 2.79. The number of aromatic nitrogens is 2. The van der Waals surface area contributed by atoms with E-state index in [9.17, 15) is 0 Å². The van der Waals surface area contributed by atoms with Gasteiger partial charge in [-0.25, -0.2) is 9.97 Å². The van der Waals surface area contributed by atoms with Crippen LogP contribution in [-0.2, 0) is 22.4 Å². The van der Waals surface area contributed by atoms with Crippen LogP contribution in [0.3, 0.4) is 0 Å². The van der Waals surface area contributed by atoms with Crippen LogP contribution >= 0.6 is 63.7 Å². The molecular formula is C10H6AgBr4N3O3. The summed E-state index contributed by atoms with van der Waals surface area (Å²) in [6.07, 6.45) is 0. The molecule has 0 saturated carbocycles. The van der Waals surface area contributed by atoms with Gasteiger partial charge in [-0.1, -0.05) is 12.1 Å². The van der Waals surface area contributed by atoms with Crippen molar-refractivity contribution < 1.29 is 27.5 Å². The van der Waals surface area contributed by atoms with Crippen LogP contribution in [0, 0.1) is 15.3 Å². The molecule has 0 aromatic carbocycles. The van der Waals surface area contributed by atoms with E-state index in [0.29, 0.717) is 0 Å². The van der Waals surface area contributed by atoms with Crippen molar-refractivity contribution in [2.45, 2.75) is 0 Å². The van der Waals surface area contributed by atoms with Gasteiger partial charge in [-0.15, -0.1) is 0 Å². The maximum Gasteiger partial charge on any atom is 1.00 e. The van der Waals surface area contributed by atoms with Gasteiger partial charge in [0.2, 0.25) is 0 Å². The number of hydrogen-bond acceptors (Lipinski definition) is 5. The molecule has 11 heteroatoms. The van der Waals surface area contributed by atoms with E-state index in [1.54, 1.807) is 0 Å². The summed E-state index contributed by atoms with van der Waals surface area (Å²) in [6.45, 7) is 0. The molecular weight excluding hydrogens is 638 g/mol. The van der Waals surface area contributed by atoms with Crippen molar-refractivity contribution in [1.29, 1.82) is 0 Å². The van der Waals surface area contributed by atoms with E-state index < -0.39 is 5.09 Å². The van der Waals surface area contributed by atoms with Gasteiger partial charge in [0.25, 0.3) is 0 Å². The Bertz CT molecular complexity index is 481. The van der Waals surface area contributed by atoms with E-state index in [1.165, 1.54) is 0 Å². The predicted octanol–water partition coefficient (Wildman–Crippen LogP) is 4.97. The van der Waals surface area contributed by atoms with Crippen LogP contribution < -0.4 is 0 Å². The molecule has 0 radical (unpaired) electrons. The molecule has 0 spiro atoms. The summed E-state index contributed by atoms with van der Waals surface area (Å²) in [5.41, 5.74) is 0. The van der Waals surface area contributed by atoms with E-state index in [2.05, 4.69) is 73.7 Å². The number of rotatable bonds is 0. The van der Waals surface area contributed by atoms with E-state index in [1.807, 2.05) is 36.4 Å². The summed E-state index contributed by atoms with van der Waals surface area (Å²) >= 11 is 12.9. The van der Waals surface area contributed by atoms with Gasteiger partial charge in [-0.2, -0.15) is 0 Å². The maximum atomic E-state index is 8.25. The second-order valence-corrected chi connectivity index (χ2v) is 6.04. The molecule has 118 valence electrons. The Labute approximate surface area is 169 Å². The van der Waals surface area contributed by atoms with Gasteiger partial charge in [-0.3, -0.25) is 0 Å². The van der Waals surface area contributed by atoms with Crippen molar-refractivity contribution in [2.24, 2.45) is 0 Å². The third-order valence-electron chi connectivity index (χ3n) is 1.36. The van der Waals surface area contributed by atoms with E-state index >= 15 is 0 Å². The molecule has 21 heavy (non-hydrogen) atoms. The minimum Gasteiger partial charge on any atom is -0.356 e. The summed E-state index contributed by atoms with van der Waals surface area (Å²) in [6, 6.07) is 11.4. The van der Waals surface area contributed by atoms with Gasteiger partial charge in [0.15, 0.2) is 0 Å². The third kappa shape index (κ3) is 16.4. The van der Waals surface area contributed by atoms with Crippen molar-refractivity contribution in [2.75, 3.05) is 0 Å². The second kappa shape index (κ2) is 13.8. The fraction of sp³-hybridized carbons (Fsp3) is 0. The van der Waals surface area contributed by atoms with Crippen molar-refractivity contribution in [3.63, 3.8) is 0 Å². The zero-order valence-electron chi connectivity index (χ0n) is 9.84. The minimum absolute atomic E-state index is 0. The summed E-state index contributed by atoms with van der Waals surface area (Å²) in [5.74, 6) is 0. The Hall–Kier alpha value is 0.160. The van der Waals surface area contributed by atoms with E-state index in [0.717, 1.165) is 18.4 Å². The molecule has 0 aliphatic heterocycles. The molecule has 0 aliphatic rings. The van der Waals surface area contributed by atoms with Crippen LogP contribution in [0.25, 0.3) is 0 Å². The molecule has 0 bridgehead atoms. The van der Waals surface area contributed by atoms with Crippen LogP contribution in [0.2, 0.25) is 0 Å². The molecule has 2 aromatic rings. The molecule has 0 amide bonds. The molecule has 0 N–H and O–H groups in total. The molecule has 2 heterocycles. The van der Waals surface area contributed by atoms with Gasteiger partial charge in [-0.05, 0) is 88.0 Å². The zero-order chi connectivity index (χ0) is 15.5. The first-order valence-electron chi connectivity index (χ1n) is 4.69. The molecule has 2 rings (SSSR count).